The smallest absolute Gasteiger partial charge is 0.119 e. The van der Waals surface area contributed by atoms with Gasteiger partial charge in [-0.15, -0.1) is 0 Å². The van der Waals surface area contributed by atoms with Crippen molar-refractivity contribution >= 4 is 0 Å². The van der Waals surface area contributed by atoms with Gasteiger partial charge in [-0.1, -0.05) is 38.5 Å². The first-order chi connectivity index (χ1) is 19.6. The summed E-state index contributed by atoms with van der Waals surface area (Å²) >= 11 is 0. The second-order valence-electron chi connectivity index (χ2n) is 9.21. The van der Waals surface area contributed by atoms with Gasteiger partial charge in [0.05, 0.1) is 6.61 Å². The molecule has 0 saturated heterocycles. The van der Waals surface area contributed by atoms with Crippen molar-refractivity contribution < 1.29 is 44.4 Å². The Bertz CT molecular complexity index is 565. The summed E-state index contributed by atoms with van der Waals surface area (Å²) in [5.74, 6) is 0. The summed E-state index contributed by atoms with van der Waals surface area (Å²) < 4.78 is 5.56. The molecular weight excluding hydrogens is 546 g/mol. The van der Waals surface area contributed by atoms with Crippen LogP contribution in [0.5, 0.6) is 0 Å². The Labute approximate surface area is 245 Å². The van der Waals surface area contributed by atoms with E-state index in [0.29, 0.717) is 25.2 Å². The van der Waals surface area contributed by atoms with Gasteiger partial charge in [0.1, 0.15) is 6.73 Å². The lowest BCUT2D eigenvalue weighted by Gasteiger charge is -2.25. The summed E-state index contributed by atoms with van der Waals surface area (Å²) in [4.78, 5) is 36.3. The van der Waals surface area contributed by atoms with Gasteiger partial charge in [0, 0.05) is 76.1 Å². The Kier molecular flexibility index (Phi) is 27.6. The van der Waals surface area contributed by atoms with Crippen molar-refractivity contribution in [3.63, 3.8) is 0 Å². The Morgan fingerprint density at radius 1 is 0.537 bits per heavy atom. The van der Waals surface area contributed by atoms with Gasteiger partial charge >= 0.3 is 0 Å². The summed E-state index contributed by atoms with van der Waals surface area (Å²) in [6.07, 6.45) is 10.8. The maximum Gasteiger partial charge on any atom is 0.119 e. The second kappa shape index (κ2) is 28.1. The van der Waals surface area contributed by atoms with Crippen molar-refractivity contribution in [1.29, 1.82) is 0 Å². The quantitative estimate of drug-likeness (QED) is 0.0599. The largest absolute Gasteiger partial charge is 0.364 e. The van der Waals surface area contributed by atoms with Crippen molar-refractivity contribution in [2.75, 3.05) is 89.4 Å². The zero-order chi connectivity index (χ0) is 30.7. The molecule has 0 fully saturated rings. The first-order valence-electron chi connectivity index (χ1n) is 14.1. The van der Waals surface area contributed by atoms with E-state index in [1.54, 1.807) is 38.3 Å². The first-order valence-corrected chi connectivity index (χ1v) is 14.1. The molecule has 41 heavy (non-hydrogen) atoms. The van der Waals surface area contributed by atoms with Crippen LogP contribution in [0, 0.1) is 0 Å². The van der Waals surface area contributed by atoms with Crippen LogP contribution in [0.15, 0.2) is 0 Å². The Morgan fingerprint density at radius 3 is 1.54 bits per heavy atom. The number of ether oxygens (including phenoxy) is 1. The van der Waals surface area contributed by atoms with Crippen LogP contribution in [0.1, 0.15) is 64.2 Å². The molecule has 18 nitrogen and oxygen atoms in total. The summed E-state index contributed by atoms with van der Waals surface area (Å²) in [7, 11) is 12.9. The van der Waals surface area contributed by atoms with Crippen LogP contribution < -0.4 is 11.0 Å². The van der Waals surface area contributed by atoms with Crippen LogP contribution in [0.2, 0.25) is 0 Å². The van der Waals surface area contributed by atoms with E-state index in [1.807, 2.05) is 14.1 Å². The number of nitrogens with zero attached hydrogens (tertiary/aromatic N) is 7. The summed E-state index contributed by atoms with van der Waals surface area (Å²) in [6, 6.07) is 0. The van der Waals surface area contributed by atoms with Crippen molar-refractivity contribution in [3.8, 4) is 0 Å². The second-order valence-corrected chi connectivity index (χ2v) is 9.21. The molecule has 0 aliphatic rings. The van der Waals surface area contributed by atoms with Gasteiger partial charge in [-0.3, -0.25) is 10.0 Å². The standard InChI is InChI=1S/C23H57N9O9/c1-24-36-29(5)40-30(6)37-26(2)19-15-11-9-13-17-21-34-23-25-35-22-18-14-10-12-16-20-27(3)38-31(7)41-32(8)39-28(4)33/h24-25,33H,9-23H2,1-8H3. The molecule has 0 bridgehead atoms. The summed E-state index contributed by atoms with van der Waals surface area (Å²) in [5.41, 5.74) is 5.36. The monoisotopic (exact) mass is 603 g/mol. The molecule has 0 amide bonds. The molecule has 18 heteroatoms. The van der Waals surface area contributed by atoms with E-state index in [9.17, 15) is 0 Å². The van der Waals surface area contributed by atoms with Gasteiger partial charge in [0.15, 0.2) is 0 Å². The molecule has 0 aliphatic heterocycles. The van der Waals surface area contributed by atoms with Gasteiger partial charge in [-0.2, -0.15) is 50.7 Å². The van der Waals surface area contributed by atoms with E-state index in [4.69, 9.17) is 44.4 Å². The predicted octanol–water partition coefficient (Wildman–Crippen LogP) is 1.59. The van der Waals surface area contributed by atoms with Gasteiger partial charge in [0.2, 0.25) is 0 Å². The lowest BCUT2D eigenvalue weighted by molar-refractivity contribution is -0.598. The Hall–Kier alpha value is -0.720. The highest BCUT2D eigenvalue weighted by Gasteiger charge is 2.11. The minimum absolute atomic E-state index is 0.398. The summed E-state index contributed by atoms with van der Waals surface area (Å²) in [5, 5.41) is 17.3. The van der Waals surface area contributed by atoms with E-state index < -0.39 is 0 Å². The molecule has 3 N–H and O–H groups in total. The van der Waals surface area contributed by atoms with Crippen LogP contribution in [0.3, 0.4) is 0 Å². The molecule has 0 spiro atoms. The lowest BCUT2D eigenvalue weighted by Crippen LogP contribution is -2.38. The topological polar surface area (TPSA) is 141 Å². The number of unbranched alkanes of at least 4 members (excludes halogenated alkanes) is 8. The Balaban J connectivity index is 3.37. The molecule has 0 aromatic heterocycles. The third-order valence-corrected chi connectivity index (χ3v) is 5.17. The molecule has 0 radical (unpaired) electrons. The highest BCUT2D eigenvalue weighted by Crippen LogP contribution is 2.06. The number of hydrogen-bond donors (Lipinski definition) is 3. The van der Waals surface area contributed by atoms with Gasteiger partial charge < -0.3 is 4.74 Å². The molecule has 0 aromatic carbocycles. The fourth-order valence-electron chi connectivity index (χ4n) is 3.49. The van der Waals surface area contributed by atoms with E-state index in [-0.39, 0.29) is 0 Å². The zero-order valence-corrected chi connectivity index (χ0v) is 26.5. The molecule has 248 valence electrons. The van der Waals surface area contributed by atoms with Crippen molar-refractivity contribution in [2.45, 2.75) is 64.2 Å². The highest BCUT2D eigenvalue weighted by atomic mass is 17.2. The molecule has 0 saturated carbocycles. The third-order valence-electron chi connectivity index (χ3n) is 5.17. The van der Waals surface area contributed by atoms with Gasteiger partial charge in [-0.25, -0.2) is 0 Å². The highest BCUT2D eigenvalue weighted by molar-refractivity contribution is 4.47. The van der Waals surface area contributed by atoms with Crippen molar-refractivity contribution in [2.24, 2.45) is 0 Å². The first kappa shape index (κ1) is 40.3. The maximum atomic E-state index is 8.97. The number of rotatable bonds is 31. The van der Waals surface area contributed by atoms with Crippen LogP contribution in [0.25, 0.3) is 0 Å². The Morgan fingerprint density at radius 2 is 1.00 bits per heavy atom. The number of hydroxylamine groups is 16. The van der Waals surface area contributed by atoms with Gasteiger partial charge in [-0.05, 0) is 51.8 Å². The zero-order valence-electron chi connectivity index (χ0n) is 26.5. The number of nitrogens with one attached hydrogen (secondary N) is 2. The van der Waals surface area contributed by atoms with Crippen LogP contribution in [-0.4, -0.2) is 131 Å². The average Bonchev–Trinajstić information content (AvgIpc) is 2.87. The molecule has 0 aromatic rings. The van der Waals surface area contributed by atoms with E-state index in [2.05, 4.69) is 11.0 Å². The molecule has 0 atom stereocenters. The van der Waals surface area contributed by atoms with Crippen molar-refractivity contribution in [1.82, 2.24) is 47.2 Å². The van der Waals surface area contributed by atoms with Crippen molar-refractivity contribution in [3.05, 3.63) is 0 Å². The van der Waals surface area contributed by atoms with E-state index in [1.165, 1.54) is 19.3 Å². The molecule has 0 aliphatic carbocycles. The molecule has 0 heterocycles. The van der Waals surface area contributed by atoms with Crippen LogP contribution in [-0.2, 0) is 39.2 Å². The van der Waals surface area contributed by atoms with Gasteiger partial charge in [0.25, 0.3) is 0 Å². The lowest BCUT2D eigenvalue weighted by atomic mass is 10.1. The SMILES string of the molecule is CNON(C)ON(C)ON(C)CCCCCCCOCNOCCCCCCCN(C)ON(C)ON(C)ON(C)O. The summed E-state index contributed by atoms with van der Waals surface area (Å²) in [6.45, 7) is 3.32. The predicted molar refractivity (Wildman–Crippen MR) is 148 cm³/mol. The minimum atomic E-state index is 0.398. The fourth-order valence-corrected chi connectivity index (χ4v) is 3.49. The minimum Gasteiger partial charge on any atom is -0.364 e. The number of hydrogen-bond acceptors (Lipinski definition) is 18. The van der Waals surface area contributed by atoms with Crippen LogP contribution in [0.4, 0.5) is 0 Å². The fraction of sp³-hybridized carbons (Fsp3) is 1.00. The molecule has 0 rings (SSSR count). The third kappa shape index (κ3) is 29.1. The van der Waals surface area contributed by atoms with Crippen LogP contribution >= 0.6 is 0 Å². The molecule has 0 unspecified atom stereocenters. The van der Waals surface area contributed by atoms with E-state index in [0.717, 1.165) is 93.0 Å². The normalized spacial score (nSPS) is 12.6. The van der Waals surface area contributed by atoms with E-state index >= 15 is 0 Å². The average molecular weight is 604 g/mol. The maximum absolute atomic E-state index is 8.97. The molecular formula is C23H57N9O9.